The van der Waals surface area contributed by atoms with Crippen LogP contribution in [-0.4, -0.2) is 6.61 Å². The number of hydrogen-bond acceptors (Lipinski definition) is 1. The van der Waals surface area contributed by atoms with Crippen LogP contribution in [0.4, 0.5) is 13.2 Å². The van der Waals surface area contributed by atoms with E-state index in [1.165, 1.54) is 44.2 Å². The van der Waals surface area contributed by atoms with Gasteiger partial charge in [0.2, 0.25) is 0 Å². The topological polar surface area (TPSA) is 9.23 Å². The summed E-state index contributed by atoms with van der Waals surface area (Å²) < 4.78 is 49.7. The molecule has 3 rings (SSSR count). The van der Waals surface area contributed by atoms with Crippen LogP contribution < -0.4 is 0 Å². The second-order valence-electron chi connectivity index (χ2n) is 8.50. The molecule has 1 aliphatic rings. The molecule has 0 aliphatic carbocycles. The van der Waals surface area contributed by atoms with Crippen molar-refractivity contribution in [2.45, 2.75) is 77.7 Å². The van der Waals surface area contributed by atoms with Gasteiger partial charge < -0.3 is 4.74 Å². The Bertz CT molecular complexity index is 825. The summed E-state index contributed by atoms with van der Waals surface area (Å²) in [7, 11) is 0. The molecule has 30 heavy (non-hydrogen) atoms. The summed E-state index contributed by atoms with van der Waals surface area (Å²) in [6.45, 7) is 4.83. The Labute approximate surface area is 178 Å². The number of hydrogen-bond donors (Lipinski definition) is 0. The number of unbranched alkanes of at least 4 members (excludes halogenated alkanes) is 3. The fraction of sp³-hybridized carbons (Fsp3) is 0.538. The van der Waals surface area contributed by atoms with Gasteiger partial charge >= 0.3 is 0 Å². The summed E-state index contributed by atoms with van der Waals surface area (Å²) in [6, 6.07) is 7.76. The molecule has 164 valence electrons. The molecule has 0 amide bonds. The molecule has 0 spiro atoms. The van der Waals surface area contributed by atoms with E-state index in [0.717, 1.165) is 24.8 Å². The molecule has 2 aromatic carbocycles. The van der Waals surface area contributed by atoms with Gasteiger partial charge in [-0.1, -0.05) is 70.2 Å². The summed E-state index contributed by atoms with van der Waals surface area (Å²) in [5.74, 6) is -1.81. The van der Waals surface area contributed by atoms with Gasteiger partial charge in [0.1, 0.15) is 5.82 Å². The van der Waals surface area contributed by atoms with Crippen LogP contribution in [0.25, 0.3) is 11.1 Å². The standard InChI is InChI=1S/C26H33F3O/c1-3-5-6-7-9-18-10-15-24(30-17-18)20-12-13-21(23(27)16-20)22-14-11-19(8-4-2)25(28)26(22)29/h11-14,16,18,24H,3-10,15,17H2,1-2H3. The predicted molar refractivity (Wildman–Crippen MR) is 116 cm³/mol. The lowest BCUT2D eigenvalue weighted by Gasteiger charge is -2.29. The lowest BCUT2D eigenvalue weighted by atomic mass is 9.90. The summed E-state index contributed by atoms with van der Waals surface area (Å²) >= 11 is 0. The van der Waals surface area contributed by atoms with Gasteiger partial charge in [-0.05, 0) is 48.8 Å². The molecular formula is C26H33F3O. The van der Waals surface area contributed by atoms with Crippen LogP contribution in [0.15, 0.2) is 30.3 Å². The molecule has 1 heterocycles. The summed E-state index contributed by atoms with van der Waals surface area (Å²) in [6.07, 6.45) is 9.24. The molecular weight excluding hydrogens is 385 g/mol. The number of benzene rings is 2. The minimum absolute atomic E-state index is 0.0342. The van der Waals surface area contributed by atoms with Crippen molar-refractivity contribution in [3.63, 3.8) is 0 Å². The number of ether oxygens (including phenoxy) is 1. The van der Waals surface area contributed by atoms with Crippen LogP contribution in [-0.2, 0) is 11.2 Å². The first-order valence-corrected chi connectivity index (χ1v) is 11.4. The van der Waals surface area contributed by atoms with Crippen LogP contribution in [0.2, 0.25) is 0 Å². The Morgan fingerprint density at radius 1 is 0.867 bits per heavy atom. The van der Waals surface area contributed by atoms with E-state index < -0.39 is 17.5 Å². The molecule has 0 saturated carbocycles. The maximum Gasteiger partial charge on any atom is 0.167 e. The Hall–Kier alpha value is -1.81. The molecule has 4 heteroatoms. The third-order valence-corrected chi connectivity index (χ3v) is 6.17. The van der Waals surface area contributed by atoms with Crippen molar-refractivity contribution < 1.29 is 17.9 Å². The summed E-state index contributed by atoms with van der Waals surface area (Å²) in [4.78, 5) is 0. The molecule has 2 aromatic rings. The maximum atomic E-state index is 14.8. The first kappa shape index (κ1) is 22.9. The lowest BCUT2D eigenvalue weighted by Crippen LogP contribution is -2.20. The van der Waals surface area contributed by atoms with Crippen molar-refractivity contribution in [1.29, 1.82) is 0 Å². The van der Waals surface area contributed by atoms with Gasteiger partial charge in [0.15, 0.2) is 11.6 Å². The highest BCUT2D eigenvalue weighted by molar-refractivity contribution is 5.66. The Kier molecular flexibility index (Phi) is 8.38. The van der Waals surface area contributed by atoms with Crippen molar-refractivity contribution in [1.82, 2.24) is 0 Å². The Balaban J connectivity index is 1.66. The van der Waals surface area contributed by atoms with Crippen LogP contribution in [0, 0.1) is 23.4 Å². The highest BCUT2D eigenvalue weighted by atomic mass is 19.2. The van der Waals surface area contributed by atoms with Gasteiger partial charge in [0.25, 0.3) is 0 Å². The highest BCUT2D eigenvalue weighted by Gasteiger charge is 2.24. The summed E-state index contributed by atoms with van der Waals surface area (Å²) in [5, 5.41) is 0. The number of aryl methyl sites for hydroxylation is 1. The first-order chi connectivity index (χ1) is 14.5. The van der Waals surface area contributed by atoms with Crippen molar-refractivity contribution in [2.24, 2.45) is 5.92 Å². The van der Waals surface area contributed by atoms with E-state index in [-0.39, 0.29) is 17.2 Å². The van der Waals surface area contributed by atoms with E-state index in [1.807, 2.05) is 6.92 Å². The molecule has 1 aliphatic heterocycles. The van der Waals surface area contributed by atoms with Gasteiger partial charge in [-0.25, -0.2) is 13.2 Å². The monoisotopic (exact) mass is 418 g/mol. The summed E-state index contributed by atoms with van der Waals surface area (Å²) in [5.41, 5.74) is 1.15. The minimum Gasteiger partial charge on any atom is -0.373 e. The zero-order chi connectivity index (χ0) is 21.5. The van der Waals surface area contributed by atoms with E-state index in [1.54, 1.807) is 18.2 Å². The third kappa shape index (κ3) is 5.46. The van der Waals surface area contributed by atoms with Gasteiger partial charge in [0.05, 0.1) is 12.7 Å². The van der Waals surface area contributed by atoms with E-state index in [2.05, 4.69) is 6.92 Å². The second kappa shape index (κ2) is 11.0. The molecule has 0 N–H and O–H groups in total. The molecule has 0 bridgehead atoms. The lowest BCUT2D eigenvalue weighted by molar-refractivity contribution is -0.0200. The van der Waals surface area contributed by atoms with E-state index in [9.17, 15) is 13.2 Å². The normalized spacial score (nSPS) is 19.2. The Morgan fingerprint density at radius 3 is 2.33 bits per heavy atom. The van der Waals surface area contributed by atoms with E-state index in [0.29, 0.717) is 24.5 Å². The first-order valence-electron chi connectivity index (χ1n) is 11.4. The van der Waals surface area contributed by atoms with Crippen LogP contribution >= 0.6 is 0 Å². The molecule has 0 aromatic heterocycles. The van der Waals surface area contributed by atoms with Crippen molar-refractivity contribution in [2.75, 3.05) is 6.61 Å². The predicted octanol–water partition coefficient (Wildman–Crippen LogP) is 8.16. The third-order valence-electron chi connectivity index (χ3n) is 6.17. The largest absolute Gasteiger partial charge is 0.373 e. The number of halogens is 3. The van der Waals surface area contributed by atoms with Crippen LogP contribution in [0.1, 0.15) is 82.4 Å². The molecule has 1 fully saturated rings. The van der Waals surface area contributed by atoms with Crippen molar-refractivity contribution in [3.8, 4) is 11.1 Å². The molecule has 2 unspecified atom stereocenters. The van der Waals surface area contributed by atoms with Gasteiger partial charge in [-0.3, -0.25) is 0 Å². The zero-order valence-electron chi connectivity index (χ0n) is 18.2. The van der Waals surface area contributed by atoms with Crippen LogP contribution in [0.3, 0.4) is 0 Å². The fourth-order valence-corrected chi connectivity index (χ4v) is 4.37. The van der Waals surface area contributed by atoms with Crippen LogP contribution in [0.5, 0.6) is 0 Å². The maximum absolute atomic E-state index is 14.8. The smallest absolute Gasteiger partial charge is 0.167 e. The van der Waals surface area contributed by atoms with E-state index in [4.69, 9.17) is 4.74 Å². The van der Waals surface area contributed by atoms with Gasteiger partial charge in [0, 0.05) is 11.1 Å². The Morgan fingerprint density at radius 2 is 1.67 bits per heavy atom. The molecule has 2 atom stereocenters. The van der Waals surface area contributed by atoms with Crippen molar-refractivity contribution in [3.05, 3.63) is 58.9 Å². The zero-order valence-corrected chi connectivity index (χ0v) is 18.2. The van der Waals surface area contributed by atoms with Crippen molar-refractivity contribution >= 4 is 0 Å². The number of rotatable bonds is 9. The fourth-order valence-electron chi connectivity index (χ4n) is 4.37. The van der Waals surface area contributed by atoms with Gasteiger partial charge in [-0.2, -0.15) is 0 Å². The highest BCUT2D eigenvalue weighted by Crippen LogP contribution is 2.35. The molecule has 0 radical (unpaired) electrons. The molecule has 1 nitrogen and oxygen atoms in total. The van der Waals surface area contributed by atoms with E-state index >= 15 is 0 Å². The average Bonchev–Trinajstić information content (AvgIpc) is 2.76. The minimum atomic E-state index is -0.979. The SMILES string of the molecule is CCCCCCC1CCC(c2ccc(-c3ccc(CCC)c(F)c3F)c(F)c2)OC1. The van der Waals surface area contributed by atoms with Gasteiger partial charge in [-0.15, -0.1) is 0 Å². The molecule has 1 saturated heterocycles. The average molecular weight is 419 g/mol. The quantitative estimate of drug-likeness (QED) is 0.373. The second-order valence-corrected chi connectivity index (χ2v) is 8.50.